The van der Waals surface area contributed by atoms with E-state index < -0.39 is 64.5 Å². The number of hydrogen-bond donors (Lipinski definition) is 2. The maximum atomic E-state index is 13.0. The second-order valence-corrected chi connectivity index (χ2v) is 10.2. The van der Waals surface area contributed by atoms with Gasteiger partial charge in [0.05, 0.1) is 22.1 Å². The lowest BCUT2D eigenvalue weighted by molar-refractivity contribution is -0.137. The topological polar surface area (TPSA) is 58.2 Å². The van der Waals surface area contributed by atoms with Crippen LogP contribution in [0.15, 0.2) is 42.5 Å². The zero-order valence-corrected chi connectivity index (χ0v) is 19.3. The maximum Gasteiger partial charge on any atom is 0.416 e. The monoisotopic (exact) mass is 540 g/mol. The fourth-order valence-corrected chi connectivity index (χ4v) is 5.00. The number of carbonyl (C=O) groups excluding carboxylic acids is 2. The van der Waals surface area contributed by atoms with Crippen LogP contribution in [0.4, 0.5) is 27.6 Å². The summed E-state index contributed by atoms with van der Waals surface area (Å²) in [6.07, 6.45) is -5.43. The zero-order chi connectivity index (χ0) is 25.1. The predicted molar refractivity (Wildman–Crippen MR) is 118 cm³/mol. The van der Waals surface area contributed by atoms with E-state index >= 15 is 0 Å². The minimum absolute atomic E-state index is 0.0206. The lowest BCUT2D eigenvalue weighted by Gasteiger charge is -2.35. The Balaban J connectivity index is 1.44. The van der Waals surface area contributed by atoms with Gasteiger partial charge in [-0.1, -0.05) is 23.7 Å². The van der Waals surface area contributed by atoms with Crippen molar-refractivity contribution in [3.8, 4) is 0 Å². The van der Waals surface area contributed by atoms with Crippen molar-refractivity contribution in [3.05, 3.63) is 64.2 Å². The van der Waals surface area contributed by atoms with E-state index in [0.717, 1.165) is 12.1 Å². The molecule has 0 aliphatic heterocycles. The van der Waals surface area contributed by atoms with E-state index in [1.54, 1.807) is 0 Å². The molecule has 2 fully saturated rings. The summed E-state index contributed by atoms with van der Waals surface area (Å²) in [6.45, 7) is 0. The Morgan fingerprint density at radius 2 is 1.62 bits per heavy atom. The molecule has 182 valence electrons. The van der Waals surface area contributed by atoms with Crippen molar-refractivity contribution < 1.29 is 31.5 Å². The Bertz CT molecular complexity index is 1130. The van der Waals surface area contributed by atoms with Gasteiger partial charge in [0.15, 0.2) is 0 Å². The summed E-state index contributed by atoms with van der Waals surface area (Å²) in [5, 5.41) is 5.08. The molecule has 4 rings (SSSR count). The van der Waals surface area contributed by atoms with Crippen LogP contribution in [-0.2, 0) is 11.0 Å². The third kappa shape index (κ3) is 4.97. The Morgan fingerprint density at radius 1 is 1.00 bits per heavy atom. The third-order valence-electron chi connectivity index (χ3n) is 5.84. The van der Waals surface area contributed by atoms with Crippen LogP contribution in [0, 0.1) is 5.92 Å². The summed E-state index contributed by atoms with van der Waals surface area (Å²) in [4.78, 5) is 25.2. The highest BCUT2D eigenvalue weighted by Gasteiger charge is 2.67. The molecule has 0 bridgehead atoms. The summed E-state index contributed by atoms with van der Waals surface area (Å²) in [7, 11) is 0. The highest BCUT2D eigenvalue weighted by atomic mass is 35.5. The number of carbonyl (C=O) groups is 2. The van der Waals surface area contributed by atoms with E-state index in [1.165, 1.54) is 30.3 Å². The lowest BCUT2D eigenvalue weighted by atomic mass is 9.88. The smallest absolute Gasteiger partial charge is 0.349 e. The molecule has 0 heterocycles. The largest absolute Gasteiger partial charge is 0.416 e. The second kappa shape index (κ2) is 8.53. The van der Waals surface area contributed by atoms with Crippen molar-refractivity contribution in [1.29, 1.82) is 0 Å². The van der Waals surface area contributed by atoms with Gasteiger partial charge in [-0.15, -0.1) is 23.2 Å². The van der Waals surface area contributed by atoms with Gasteiger partial charge in [0.1, 0.15) is 4.33 Å². The Hall–Kier alpha value is -2.10. The molecule has 0 saturated heterocycles. The first-order chi connectivity index (χ1) is 15.7. The molecule has 2 aliphatic carbocycles. The minimum Gasteiger partial charge on any atom is -0.349 e. The SMILES string of the molecule is O=C(NC1CC(F)(F)C1)c1cc(NC(=O)[C@H]2[C@H](c3ccc(C(F)(F)F)cc3)C2(Cl)Cl)ccc1Cl. The molecule has 0 radical (unpaired) electrons. The molecule has 0 unspecified atom stereocenters. The molecule has 4 nitrogen and oxygen atoms in total. The van der Waals surface area contributed by atoms with Gasteiger partial charge in [-0.2, -0.15) is 13.2 Å². The van der Waals surface area contributed by atoms with E-state index in [2.05, 4.69) is 10.6 Å². The van der Waals surface area contributed by atoms with Crippen LogP contribution in [0.3, 0.4) is 0 Å². The molecule has 2 aromatic carbocycles. The highest BCUT2D eigenvalue weighted by Crippen LogP contribution is 2.65. The number of amides is 2. The number of anilines is 1. The molecule has 0 spiro atoms. The Morgan fingerprint density at radius 3 is 2.18 bits per heavy atom. The van der Waals surface area contributed by atoms with E-state index in [-0.39, 0.29) is 16.3 Å². The van der Waals surface area contributed by atoms with Gasteiger partial charge in [0, 0.05) is 30.5 Å². The molecular weight excluding hydrogens is 526 g/mol. The number of halogens is 8. The molecule has 2 atom stereocenters. The first-order valence-electron chi connectivity index (χ1n) is 10.0. The van der Waals surface area contributed by atoms with Crippen molar-refractivity contribution in [2.45, 2.75) is 41.2 Å². The van der Waals surface area contributed by atoms with Crippen LogP contribution >= 0.6 is 34.8 Å². The van der Waals surface area contributed by atoms with Crippen LogP contribution in [0.25, 0.3) is 0 Å². The normalized spacial score (nSPS) is 23.1. The molecule has 2 aromatic rings. The lowest BCUT2D eigenvalue weighted by Crippen LogP contribution is -2.50. The van der Waals surface area contributed by atoms with Gasteiger partial charge in [-0.3, -0.25) is 9.59 Å². The third-order valence-corrected chi connectivity index (χ3v) is 7.11. The second-order valence-electron chi connectivity index (χ2n) is 8.37. The molecule has 2 N–H and O–H groups in total. The first kappa shape index (κ1) is 25.0. The summed E-state index contributed by atoms with van der Waals surface area (Å²) >= 11 is 18.5. The van der Waals surface area contributed by atoms with Crippen LogP contribution in [0.2, 0.25) is 5.02 Å². The number of rotatable bonds is 5. The highest BCUT2D eigenvalue weighted by molar-refractivity contribution is 6.53. The fraction of sp³-hybridized carbons (Fsp3) is 0.364. The first-order valence-corrected chi connectivity index (χ1v) is 11.2. The van der Waals surface area contributed by atoms with Crippen molar-refractivity contribution in [3.63, 3.8) is 0 Å². The van der Waals surface area contributed by atoms with E-state index in [9.17, 15) is 31.5 Å². The number of alkyl halides is 7. The predicted octanol–water partition coefficient (Wildman–Crippen LogP) is 6.41. The van der Waals surface area contributed by atoms with Crippen LogP contribution in [0.1, 0.15) is 40.2 Å². The van der Waals surface area contributed by atoms with Crippen molar-refractivity contribution in [2.24, 2.45) is 5.92 Å². The van der Waals surface area contributed by atoms with Crippen molar-refractivity contribution in [2.75, 3.05) is 5.32 Å². The number of hydrogen-bond acceptors (Lipinski definition) is 2. The van der Waals surface area contributed by atoms with Gasteiger partial charge in [0.25, 0.3) is 11.8 Å². The minimum atomic E-state index is -4.50. The van der Waals surface area contributed by atoms with E-state index in [1.807, 2.05) is 0 Å². The van der Waals surface area contributed by atoms with Gasteiger partial charge in [0.2, 0.25) is 5.91 Å². The zero-order valence-electron chi connectivity index (χ0n) is 17.0. The molecule has 12 heteroatoms. The van der Waals surface area contributed by atoms with Gasteiger partial charge >= 0.3 is 6.18 Å². The molecule has 2 aliphatic rings. The average molecular weight is 542 g/mol. The fourth-order valence-electron chi connectivity index (χ4n) is 3.97. The van der Waals surface area contributed by atoms with Crippen LogP contribution in [-0.4, -0.2) is 28.1 Å². The molecule has 34 heavy (non-hydrogen) atoms. The quantitative estimate of drug-likeness (QED) is 0.339. The number of benzene rings is 2. The van der Waals surface area contributed by atoms with Crippen LogP contribution < -0.4 is 10.6 Å². The van der Waals surface area contributed by atoms with Crippen LogP contribution in [0.5, 0.6) is 0 Å². The maximum absolute atomic E-state index is 13.0. The Labute approximate surface area is 205 Å². The van der Waals surface area contributed by atoms with Crippen molar-refractivity contribution in [1.82, 2.24) is 5.32 Å². The summed E-state index contributed by atoms with van der Waals surface area (Å²) < 4.78 is 62.8. The Kier molecular flexibility index (Phi) is 6.28. The van der Waals surface area contributed by atoms with E-state index in [0.29, 0.717) is 5.56 Å². The summed E-state index contributed by atoms with van der Waals surface area (Å²) in [6, 6.07) is 7.59. The molecule has 0 aromatic heterocycles. The van der Waals surface area contributed by atoms with Gasteiger partial charge in [-0.05, 0) is 35.9 Å². The van der Waals surface area contributed by atoms with Gasteiger partial charge < -0.3 is 10.6 Å². The van der Waals surface area contributed by atoms with Gasteiger partial charge in [-0.25, -0.2) is 8.78 Å². The summed E-state index contributed by atoms with van der Waals surface area (Å²) in [5.74, 6) is -5.78. The van der Waals surface area contributed by atoms with E-state index in [4.69, 9.17) is 34.8 Å². The summed E-state index contributed by atoms with van der Waals surface area (Å²) in [5.41, 5.74) is -0.315. The van der Waals surface area contributed by atoms with Crippen molar-refractivity contribution >= 4 is 52.3 Å². The standard InChI is InChI=1S/C22H16Cl3F5N2O2/c23-15-6-5-12(7-14(15)18(33)32-13-8-20(26,27)9-13)31-19(34)17-16(21(17,24)25)10-1-3-11(4-2-10)22(28,29)30/h1-7,13,16-17H,8-9H2,(H,31,34)(H,32,33)/t16-,17+/m0/s1. The average Bonchev–Trinajstić information content (AvgIpc) is 3.29. The molecule has 2 amide bonds. The number of nitrogens with one attached hydrogen (secondary N) is 2. The molecular formula is C22H16Cl3F5N2O2. The molecule has 2 saturated carbocycles.